The zero-order valence-electron chi connectivity index (χ0n) is 19.4. The number of methoxy groups -OCH3 is 1. The van der Waals surface area contributed by atoms with E-state index in [2.05, 4.69) is 17.1 Å². The van der Waals surface area contributed by atoms with Gasteiger partial charge >= 0.3 is 0 Å². The Morgan fingerprint density at radius 1 is 1.29 bits per heavy atom. The molecule has 2 atom stereocenters. The molecular formula is C22H36N3O4S2-. The molecule has 176 valence electrons. The van der Waals surface area contributed by atoms with Crippen LogP contribution in [0.25, 0.3) is 0 Å². The van der Waals surface area contributed by atoms with Crippen molar-refractivity contribution in [2.24, 2.45) is 0 Å². The third-order valence-electron chi connectivity index (χ3n) is 4.80. The highest BCUT2D eigenvalue weighted by molar-refractivity contribution is 7.81. The highest BCUT2D eigenvalue weighted by atomic mass is 32.2. The van der Waals surface area contributed by atoms with E-state index < -0.39 is 16.8 Å². The molecule has 7 nitrogen and oxygen atoms in total. The molecule has 0 saturated heterocycles. The van der Waals surface area contributed by atoms with Gasteiger partial charge in [0, 0.05) is 22.8 Å². The van der Waals surface area contributed by atoms with Gasteiger partial charge < -0.3 is 14.6 Å². The van der Waals surface area contributed by atoms with Crippen LogP contribution >= 0.6 is 12.2 Å². The number of hydrogen-bond acceptors (Lipinski definition) is 5. The smallest absolute Gasteiger partial charge is 0.224 e. The molecule has 2 N–H and O–H groups in total. The fourth-order valence-electron chi connectivity index (χ4n) is 3.17. The van der Waals surface area contributed by atoms with Gasteiger partial charge in [0.2, 0.25) is 5.91 Å². The van der Waals surface area contributed by atoms with Crippen LogP contribution in [0.5, 0.6) is 5.75 Å². The Bertz CT molecular complexity index is 766. The van der Waals surface area contributed by atoms with E-state index in [1.165, 1.54) is 31.4 Å². The van der Waals surface area contributed by atoms with Crippen LogP contribution in [0.1, 0.15) is 77.8 Å². The average molecular weight is 471 g/mol. The number of nitrogens with zero attached hydrogens (tertiary/aromatic N) is 1. The van der Waals surface area contributed by atoms with Crippen molar-refractivity contribution < 1.29 is 18.3 Å². The zero-order valence-corrected chi connectivity index (χ0v) is 21.1. The number of hydrazine groups is 1. The second-order valence-corrected chi connectivity index (χ2v) is 9.71. The number of ether oxygens (including phenoxy) is 1. The van der Waals surface area contributed by atoms with E-state index in [1.54, 1.807) is 12.1 Å². The van der Waals surface area contributed by atoms with Gasteiger partial charge in [0.15, 0.2) is 0 Å². The SMILES string of the molecule is CCCCCCC(C)NC(=O)Cc1ccc(OC)c(C(=S)N(NS(=O)[O-])C(C)(C)C)c1. The number of rotatable bonds is 12. The fourth-order valence-corrected chi connectivity index (χ4v) is 4.22. The minimum absolute atomic E-state index is 0.0588. The molecule has 0 aliphatic carbocycles. The zero-order chi connectivity index (χ0) is 23.6. The molecule has 0 aliphatic rings. The van der Waals surface area contributed by atoms with E-state index in [4.69, 9.17) is 17.0 Å². The van der Waals surface area contributed by atoms with Crippen LogP contribution in [-0.4, -0.2) is 43.4 Å². The van der Waals surface area contributed by atoms with Gasteiger partial charge in [0.25, 0.3) is 0 Å². The van der Waals surface area contributed by atoms with Crippen LogP contribution in [0.15, 0.2) is 18.2 Å². The molecule has 1 aromatic carbocycles. The van der Waals surface area contributed by atoms with Crippen molar-refractivity contribution in [3.63, 3.8) is 0 Å². The van der Waals surface area contributed by atoms with E-state index in [-0.39, 0.29) is 23.4 Å². The molecule has 0 aliphatic heterocycles. The Morgan fingerprint density at radius 2 is 1.97 bits per heavy atom. The Balaban J connectivity index is 2.94. The number of carbonyl (C=O) groups excluding carboxylic acids is 1. The predicted octanol–water partition coefficient (Wildman–Crippen LogP) is 3.79. The van der Waals surface area contributed by atoms with Crippen molar-refractivity contribution in [1.82, 2.24) is 15.2 Å². The van der Waals surface area contributed by atoms with E-state index in [0.717, 1.165) is 18.4 Å². The number of benzene rings is 1. The van der Waals surface area contributed by atoms with Gasteiger partial charge in [-0.25, -0.2) is 0 Å². The lowest BCUT2D eigenvalue weighted by Gasteiger charge is -2.38. The first-order chi connectivity index (χ1) is 14.5. The molecule has 9 heteroatoms. The summed E-state index contributed by atoms with van der Waals surface area (Å²) >= 11 is 3.05. The maximum Gasteiger partial charge on any atom is 0.224 e. The topological polar surface area (TPSA) is 93.7 Å². The number of unbranched alkanes of at least 4 members (excludes halogenated alkanes) is 3. The number of thiocarbonyl (C=S) groups is 1. The lowest BCUT2D eigenvalue weighted by atomic mass is 10.0. The maximum atomic E-state index is 12.5. The third-order valence-corrected chi connectivity index (χ3v) is 5.53. The van der Waals surface area contributed by atoms with Crippen LogP contribution in [0.3, 0.4) is 0 Å². The molecule has 0 saturated carbocycles. The normalized spacial score (nSPS) is 13.4. The molecule has 31 heavy (non-hydrogen) atoms. The van der Waals surface area contributed by atoms with Crippen LogP contribution < -0.4 is 14.9 Å². The minimum Gasteiger partial charge on any atom is -0.759 e. The van der Waals surface area contributed by atoms with E-state index >= 15 is 0 Å². The molecule has 0 bridgehead atoms. The summed E-state index contributed by atoms with van der Waals surface area (Å²) in [5.74, 6) is 0.447. The van der Waals surface area contributed by atoms with E-state index in [1.807, 2.05) is 33.8 Å². The monoisotopic (exact) mass is 470 g/mol. The standard InChI is InChI=1S/C22H37N3O4S2/c1-7-8-9-10-11-16(2)23-20(26)15-17-12-13-19(29-6)18(14-17)21(30)25(22(3,4)5)24-31(27)28/h12-14,16,24H,7-11,15H2,1-6H3,(H,23,26)(H,27,28)/p-1. The van der Waals surface area contributed by atoms with Crippen molar-refractivity contribution in [1.29, 1.82) is 0 Å². The summed E-state index contributed by atoms with van der Waals surface area (Å²) in [6.07, 6.45) is 5.86. The van der Waals surface area contributed by atoms with Crippen molar-refractivity contribution in [3.8, 4) is 5.75 Å². The van der Waals surface area contributed by atoms with Crippen molar-refractivity contribution in [2.45, 2.75) is 84.7 Å². The Morgan fingerprint density at radius 3 is 2.52 bits per heavy atom. The Kier molecular flexibility index (Phi) is 11.6. The summed E-state index contributed by atoms with van der Waals surface area (Å²) in [5.41, 5.74) is 0.706. The number of hydrogen-bond donors (Lipinski definition) is 2. The molecule has 1 rings (SSSR count). The first-order valence-corrected chi connectivity index (χ1v) is 12.1. The van der Waals surface area contributed by atoms with Gasteiger partial charge in [0.1, 0.15) is 10.7 Å². The number of amides is 1. The highest BCUT2D eigenvalue weighted by Crippen LogP contribution is 2.25. The average Bonchev–Trinajstić information content (AvgIpc) is 2.67. The molecule has 0 radical (unpaired) electrons. The summed E-state index contributed by atoms with van der Waals surface area (Å²) in [6, 6.07) is 5.46. The van der Waals surface area contributed by atoms with Crippen molar-refractivity contribution >= 4 is 34.4 Å². The van der Waals surface area contributed by atoms with E-state index in [0.29, 0.717) is 11.3 Å². The predicted molar refractivity (Wildman–Crippen MR) is 128 cm³/mol. The van der Waals surface area contributed by atoms with Gasteiger partial charge in [-0.3, -0.25) is 14.0 Å². The van der Waals surface area contributed by atoms with Gasteiger partial charge in [0.05, 0.1) is 19.1 Å². The molecule has 0 heterocycles. The summed E-state index contributed by atoms with van der Waals surface area (Å²) in [7, 11) is 1.52. The van der Waals surface area contributed by atoms with Gasteiger partial charge in [-0.2, -0.15) is 4.83 Å². The quantitative estimate of drug-likeness (QED) is 0.209. The molecule has 2 unspecified atom stereocenters. The van der Waals surface area contributed by atoms with Crippen LogP contribution in [0.4, 0.5) is 0 Å². The largest absolute Gasteiger partial charge is 0.759 e. The molecule has 0 aromatic heterocycles. The molecule has 1 amide bonds. The first-order valence-electron chi connectivity index (χ1n) is 10.7. The fraction of sp³-hybridized carbons (Fsp3) is 0.636. The number of carbonyl (C=O) groups is 1. The van der Waals surface area contributed by atoms with Gasteiger partial charge in [-0.05, 0) is 51.8 Å². The first kappa shape index (κ1) is 27.5. The molecule has 1 aromatic rings. The second kappa shape index (κ2) is 13.1. The van der Waals surface area contributed by atoms with Crippen molar-refractivity contribution in [3.05, 3.63) is 29.3 Å². The Hall–Kier alpha value is -1.55. The highest BCUT2D eigenvalue weighted by Gasteiger charge is 2.27. The van der Waals surface area contributed by atoms with Crippen LogP contribution in [0, 0.1) is 0 Å². The van der Waals surface area contributed by atoms with Crippen molar-refractivity contribution in [2.75, 3.05) is 7.11 Å². The number of nitrogens with one attached hydrogen (secondary N) is 2. The van der Waals surface area contributed by atoms with Gasteiger partial charge in [-0.15, -0.1) is 0 Å². The summed E-state index contributed by atoms with van der Waals surface area (Å²) < 4.78 is 28.0. The van der Waals surface area contributed by atoms with Gasteiger partial charge in [-0.1, -0.05) is 50.9 Å². The molecule has 0 fully saturated rings. The molecule has 0 spiro atoms. The minimum atomic E-state index is -2.54. The summed E-state index contributed by atoms with van der Waals surface area (Å²) in [6.45, 7) is 9.71. The van der Waals surface area contributed by atoms with Crippen LogP contribution in [-0.2, 0) is 22.5 Å². The Labute approximate surface area is 194 Å². The lowest BCUT2D eigenvalue weighted by molar-refractivity contribution is -0.121. The summed E-state index contributed by atoms with van der Waals surface area (Å²) in [4.78, 5) is 15.1. The lowest BCUT2D eigenvalue weighted by Crippen LogP contribution is -2.54. The maximum absolute atomic E-state index is 12.5. The summed E-state index contributed by atoms with van der Waals surface area (Å²) in [5, 5.41) is 4.44. The third kappa shape index (κ3) is 9.64. The molecular weight excluding hydrogens is 434 g/mol. The van der Waals surface area contributed by atoms with Crippen LogP contribution in [0.2, 0.25) is 0 Å². The van der Waals surface area contributed by atoms with E-state index in [9.17, 15) is 13.6 Å². The second-order valence-electron chi connectivity index (χ2n) is 8.67.